The Hall–Kier alpha value is -0.970. The molecule has 0 bridgehead atoms. The van der Waals surface area contributed by atoms with Crippen molar-refractivity contribution in [2.45, 2.75) is 26.3 Å². The molecule has 0 aliphatic rings. The molecule has 0 spiro atoms. The molecule has 3 nitrogen and oxygen atoms in total. The van der Waals surface area contributed by atoms with Crippen LogP contribution >= 0.6 is 22.9 Å². The van der Waals surface area contributed by atoms with Gasteiger partial charge < -0.3 is 5.32 Å². The average Bonchev–Trinajstić information content (AvgIpc) is 2.75. The van der Waals surface area contributed by atoms with Crippen molar-refractivity contribution in [1.82, 2.24) is 15.3 Å². The maximum absolute atomic E-state index is 5.85. The normalized spacial score (nSPS) is 10.8. The summed E-state index contributed by atoms with van der Waals surface area (Å²) in [5, 5.41) is 4.81. The summed E-state index contributed by atoms with van der Waals surface area (Å²) >= 11 is 7.55. The van der Waals surface area contributed by atoms with Gasteiger partial charge in [0.1, 0.15) is 5.01 Å². The Balaban J connectivity index is 2.33. The molecule has 0 aromatic carbocycles. The van der Waals surface area contributed by atoms with E-state index in [9.17, 15) is 0 Å². The van der Waals surface area contributed by atoms with Crippen LogP contribution in [0.25, 0.3) is 10.7 Å². The Bertz CT molecular complexity index is 484. The van der Waals surface area contributed by atoms with Gasteiger partial charge in [-0.15, -0.1) is 11.3 Å². The lowest BCUT2D eigenvalue weighted by molar-refractivity contribution is 0.798. The topological polar surface area (TPSA) is 37.8 Å². The number of rotatable bonds is 5. The summed E-state index contributed by atoms with van der Waals surface area (Å²) in [6, 6.07) is 3.77. The summed E-state index contributed by atoms with van der Waals surface area (Å²) < 4.78 is 0. The van der Waals surface area contributed by atoms with Gasteiger partial charge in [0.15, 0.2) is 0 Å². The Morgan fingerprint density at radius 2 is 2.22 bits per heavy atom. The summed E-state index contributed by atoms with van der Waals surface area (Å²) in [6.07, 6.45) is 3.78. The van der Waals surface area contributed by atoms with E-state index in [4.69, 9.17) is 16.6 Å². The number of pyridine rings is 1. The van der Waals surface area contributed by atoms with E-state index in [1.807, 2.05) is 19.2 Å². The zero-order chi connectivity index (χ0) is 13.0. The predicted octanol–water partition coefficient (Wildman–Crippen LogP) is 3.53. The van der Waals surface area contributed by atoms with Crippen LogP contribution in [0.1, 0.15) is 23.9 Å². The third-order valence-electron chi connectivity index (χ3n) is 2.55. The highest BCUT2D eigenvalue weighted by Crippen LogP contribution is 2.28. The van der Waals surface area contributed by atoms with Crippen molar-refractivity contribution >= 4 is 22.9 Å². The molecule has 0 saturated heterocycles. The highest BCUT2D eigenvalue weighted by Gasteiger charge is 2.12. The number of aromatic nitrogens is 2. The molecule has 0 aliphatic heterocycles. The fourth-order valence-electron chi connectivity index (χ4n) is 1.73. The molecule has 2 aromatic heterocycles. The van der Waals surface area contributed by atoms with Crippen LogP contribution in [-0.4, -0.2) is 17.0 Å². The number of hydrogen-bond acceptors (Lipinski definition) is 4. The number of aryl methyl sites for hydroxylation is 1. The fraction of sp³-hybridized carbons (Fsp3) is 0.385. The van der Waals surface area contributed by atoms with Crippen molar-refractivity contribution in [2.75, 3.05) is 7.05 Å². The lowest BCUT2D eigenvalue weighted by Crippen LogP contribution is -2.05. The predicted molar refractivity (Wildman–Crippen MR) is 77.1 cm³/mol. The highest BCUT2D eigenvalue weighted by molar-refractivity contribution is 7.15. The Labute approximate surface area is 116 Å². The number of nitrogens with zero attached hydrogens (tertiary/aromatic N) is 2. The first-order valence-corrected chi connectivity index (χ1v) is 7.19. The standard InChI is InChI=1S/C13H16ClN3S/c1-3-4-10-12(8-15-2)18-13(17-10)11-6-5-9(14)7-16-11/h5-7,15H,3-4,8H2,1-2H3. The van der Waals surface area contributed by atoms with Crippen LogP contribution in [0.15, 0.2) is 18.3 Å². The molecule has 2 heterocycles. The van der Waals surface area contributed by atoms with E-state index in [1.54, 1.807) is 17.5 Å². The largest absolute Gasteiger partial charge is 0.315 e. The number of nitrogens with one attached hydrogen (secondary N) is 1. The van der Waals surface area contributed by atoms with Gasteiger partial charge >= 0.3 is 0 Å². The van der Waals surface area contributed by atoms with Crippen molar-refractivity contribution in [2.24, 2.45) is 0 Å². The summed E-state index contributed by atoms with van der Waals surface area (Å²) in [7, 11) is 1.95. The molecule has 5 heteroatoms. The molecular weight excluding hydrogens is 266 g/mol. The van der Waals surface area contributed by atoms with Gasteiger partial charge in [-0.2, -0.15) is 0 Å². The fourth-order valence-corrected chi connectivity index (χ4v) is 2.93. The molecular formula is C13H16ClN3S. The van der Waals surface area contributed by atoms with Gasteiger partial charge in [0, 0.05) is 17.6 Å². The molecule has 0 aliphatic carbocycles. The van der Waals surface area contributed by atoms with Crippen LogP contribution in [-0.2, 0) is 13.0 Å². The number of halogens is 1. The number of hydrogen-bond donors (Lipinski definition) is 1. The SMILES string of the molecule is CCCc1nc(-c2ccc(Cl)cn2)sc1CNC. The lowest BCUT2D eigenvalue weighted by atomic mass is 10.2. The van der Waals surface area contributed by atoms with Crippen LogP contribution in [0, 0.1) is 0 Å². The maximum atomic E-state index is 5.85. The average molecular weight is 282 g/mol. The molecule has 2 rings (SSSR count). The second kappa shape index (κ2) is 6.27. The molecule has 0 atom stereocenters. The van der Waals surface area contributed by atoms with E-state index < -0.39 is 0 Å². The van der Waals surface area contributed by atoms with Crippen LogP contribution in [0.2, 0.25) is 5.02 Å². The van der Waals surface area contributed by atoms with Gasteiger partial charge in [-0.3, -0.25) is 4.98 Å². The van der Waals surface area contributed by atoms with Gasteiger partial charge in [-0.25, -0.2) is 4.98 Å². The molecule has 0 fully saturated rings. The van der Waals surface area contributed by atoms with Gasteiger partial charge in [-0.1, -0.05) is 24.9 Å². The van der Waals surface area contributed by atoms with Crippen molar-refractivity contribution in [3.8, 4) is 10.7 Å². The summed E-state index contributed by atoms with van der Waals surface area (Å²) in [4.78, 5) is 10.3. The van der Waals surface area contributed by atoms with Gasteiger partial charge in [0.25, 0.3) is 0 Å². The first-order valence-electron chi connectivity index (χ1n) is 5.99. The van der Waals surface area contributed by atoms with Crippen LogP contribution in [0.4, 0.5) is 0 Å². The second-order valence-electron chi connectivity index (χ2n) is 4.03. The van der Waals surface area contributed by atoms with Gasteiger partial charge in [-0.05, 0) is 25.6 Å². The smallest absolute Gasteiger partial charge is 0.142 e. The zero-order valence-electron chi connectivity index (χ0n) is 10.5. The maximum Gasteiger partial charge on any atom is 0.142 e. The van der Waals surface area contributed by atoms with Crippen LogP contribution in [0.3, 0.4) is 0 Å². The minimum Gasteiger partial charge on any atom is -0.315 e. The highest BCUT2D eigenvalue weighted by atomic mass is 35.5. The molecule has 96 valence electrons. The Morgan fingerprint density at radius 1 is 1.39 bits per heavy atom. The first-order chi connectivity index (χ1) is 8.74. The van der Waals surface area contributed by atoms with Crippen LogP contribution < -0.4 is 5.32 Å². The van der Waals surface area contributed by atoms with Crippen molar-refractivity contribution in [3.63, 3.8) is 0 Å². The monoisotopic (exact) mass is 281 g/mol. The van der Waals surface area contributed by atoms with Gasteiger partial charge in [0.2, 0.25) is 0 Å². The van der Waals surface area contributed by atoms with E-state index in [1.165, 1.54) is 10.6 Å². The first kappa shape index (κ1) is 13.5. The Morgan fingerprint density at radius 3 is 2.83 bits per heavy atom. The molecule has 0 amide bonds. The molecule has 0 radical (unpaired) electrons. The molecule has 1 N–H and O–H groups in total. The summed E-state index contributed by atoms with van der Waals surface area (Å²) in [6.45, 7) is 3.03. The van der Waals surface area contributed by atoms with E-state index in [2.05, 4.69) is 17.2 Å². The van der Waals surface area contributed by atoms with E-state index in [0.29, 0.717) is 5.02 Å². The summed E-state index contributed by atoms with van der Waals surface area (Å²) in [5.74, 6) is 0. The minimum absolute atomic E-state index is 0.652. The van der Waals surface area contributed by atoms with E-state index >= 15 is 0 Å². The zero-order valence-corrected chi connectivity index (χ0v) is 12.1. The van der Waals surface area contributed by atoms with E-state index in [-0.39, 0.29) is 0 Å². The quantitative estimate of drug-likeness (QED) is 0.911. The van der Waals surface area contributed by atoms with Crippen molar-refractivity contribution in [1.29, 1.82) is 0 Å². The minimum atomic E-state index is 0.652. The van der Waals surface area contributed by atoms with Crippen LogP contribution in [0.5, 0.6) is 0 Å². The number of thiazole rings is 1. The third kappa shape index (κ3) is 3.07. The van der Waals surface area contributed by atoms with Crippen molar-refractivity contribution < 1.29 is 0 Å². The molecule has 18 heavy (non-hydrogen) atoms. The third-order valence-corrected chi connectivity index (χ3v) is 3.89. The second-order valence-corrected chi connectivity index (χ2v) is 5.55. The van der Waals surface area contributed by atoms with E-state index in [0.717, 1.165) is 30.1 Å². The molecule has 0 unspecified atom stereocenters. The van der Waals surface area contributed by atoms with Crippen molar-refractivity contribution in [3.05, 3.63) is 33.9 Å². The molecule has 2 aromatic rings. The lowest BCUT2D eigenvalue weighted by Gasteiger charge is -1.98. The Kier molecular flexibility index (Phi) is 4.69. The van der Waals surface area contributed by atoms with Gasteiger partial charge in [0.05, 0.1) is 16.4 Å². The molecule has 0 saturated carbocycles. The summed E-state index contributed by atoms with van der Waals surface area (Å²) in [5.41, 5.74) is 2.08.